The highest BCUT2D eigenvalue weighted by Crippen LogP contribution is 2.27. The van der Waals surface area contributed by atoms with Crippen LogP contribution in [0.5, 0.6) is 0 Å². The van der Waals surface area contributed by atoms with E-state index in [1.807, 2.05) is 13.8 Å². The second-order valence-electron chi connectivity index (χ2n) is 4.27. The van der Waals surface area contributed by atoms with Crippen molar-refractivity contribution >= 4 is 33.8 Å². The molecule has 0 amide bonds. The van der Waals surface area contributed by atoms with E-state index in [9.17, 15) is 8.42 Å². The molecule has 8 heteroatoms. The van der Waals surface area contributed by atoms with Crippen LogP contribution in [0.2, 0.25) is 0 Å². The lowest BCUT2D eigenvalue weighted by molar-refractivity contribution is 0.284. The monoisotopic (exact) mass is 311 g/mol. The Kier molecular flexibility index (Phi) is 5.13. The number of sulfonamides is 1. The Labute approximate surface area is 118 Å². The maximum absolute atomic E-state index is 12.5. The van der Waals surface area contributed by atoms with E-state index >= 15 is 0 Å². The molecule has 1 aromatic heterocycles. The summed E-state index contributed by atoms with van der Waals surface area (Å²) in [4.78, 5) is 4.19. The molecule has 1 aliphatic heterocycles. The van der Waals surface area contributed by atoms with E-state index in [-0.39, 0.29) is 18.4 Å². The lowest BCUT2D eigenvalue weighted by Gasteiger charge is -2.32. The van der Waals surface area contributed by atoms with Crippen molar-refractivity contribution < 1.29 is 8.42 Å². The first-order chi connectivity index (χ1) is 7.93. The molecule has 1 aromatic rings. The highest BCUT2D eigenvalue weighted by Gasteiger charge is 2.33. The Morgan fingerprint density at radius 3 is 2.61 bits per heavy atom. The first-order valence-electron chi connectivity index (χ1n) is 5.59. The summed E-state index contributed by atoms with van der Waals surface area (Å²) in [5.74, 6) is 0. The van der Waals surface area contributed by atoms with Crippen LogP contribution in [0.25, 0.3) is 0 Å². The van der Waals surface area contributed by atoms with Crippen molar-refractivity contribution in [1.29, 1.82) is 0 Å². The molecule has 1 fully saturated rings. The first kappa shape index (κ1) is 15.8. The summed E-state index contributed by atoms with van der Waals surface area (Å²) in [6.07, 6.45) is 0. The molecule has 0 radical (unpaired) electrons. The van der Waals surface area contributed by atoms with Gasteiger partial charge in [-0.3, -0.25) is 0 Å². The van der Waals surface area contributed by atoms with Gasteiger partial charge < -0.3 is 5.32 Å². The van der Waals surface area contributed by atoms with Gasteiger partial charge in [0.25, 0.3) is 10.0 Å². The van der Waals surface area contributed by atoms with Crippen LogP contribution in [-0.4, -0.2) is 43.4 Å². The molecule has 18 heavy (non-hydrogen) atoms. The Hall–Kier alpha value is -0.210. The van der Waals surface area contributed by atoms with Crippen molar-refractivity contribution in [3.8, 4) is 0 Å². The molecule has 2 rings (SSSR count). The normalized spacial score (nSPS) is 21.6. The number of hydrogen-bond donors (Lipinski definition) is 1. The minimum Gasteiger partial charge on any atom is -0.314 e. The number of nitrogens with one attached hydrogen (secondary N) is 1. The zero-order chi connectivity index (χ0) is 12.6. The largest absolute Gasteiger partial charge is 0.314 e. The third-order valence-corrected chi connectivity index (χ3v) is 6.52. The topological polar surface area (TPSA) is 62.3 Å². The summed E-state index contributed by atoms with van der Waals surface area (Å²) in [5, 5.41) is 3.98. The molecule has 0 bridgehead atoms. The van der Waals surface area contributed by atoms with Gasteiger partial charge >= 0.3 is 0 Å². The van der Waals surface area contributed by atoms with Crippen molar-refractivity contribution in [2.24, 2.45) is 0 Å². The lowest BCUT2D eigenvalue weighted by Crippen LogP contribution is -2.52. The van der Waals surface area contributed by atoms with Gasteiger partial charge in [-0.2, -0.15) is 4.31 Å². The van der Waals surface area contributed by atoms with Crippen LogP contribution in [0.3, 0.4) is 0 Å². The number of aromatic nitrogens is 1. The molecule has 1 N–H and O–H groups in total. The van der Waals surface area contributed by atoms with Gasteiger partial charge in [0.2, 0.25) is 0 Å². The fourth-order valence-electron chi connectivity index (χ4n) is 2.04. The van der Waals surface area contributed by atoms with Crippen molar-refractivity contribution in [3.63, 3.8) is 0 Å². The SMILES string of the molecule is Cc1nc(C)c(S(=O)(=O)N2CCNCC2C)s1.Cl. The Bertz CT molecular complexity index is 515. The van der Waals surface area contributed by atoms with Gasteiger partial charge in [0.15, 0.2) is 4.21 Å². The Balaban J connectivity index is 0.00000162. The van der Waals surface area contributed by atoms with Crippen LogP contribution in [0, 0.1) is 13.8 Å². The first-order valence-corrected chi connectivity index (χ1v) is 7.85. The van der Waals surface area contributed by atoms with Crippen molar-refractivity contribution in [3.05, 3.63) is 10.7 Å². The van der Waals surface area contributed by atoms with E-state index in [0.717, 1.165) is 5.01 Å². The van der Waals surface area contributed by atoms with Crippen LogP contribution in [0.1, 0.15) is 17.6 Å². The fourth-order valence-corrected chi connectivity index (χ4v) is 5.26. The van der Waals surface area contributed by atoms with E-state index in [1.54, 1.807) is 11.2 Å². The molecular formula is C10H18ClN3O2S2. The van der Waals surface area contributed by atoms with Gasteiger partial charge in [-0.05, 0) is 20.8 Å². The molecule has 0 aliphatic carbocycles. The van der Waals surface area contributed by atoms with Gasteiger partial charge in [-0.25, -0.2) is 13.4 Å². The summed E-state index contributed by atoms with van der Waals surface area (Å²) in [6, 6.07) is -0.00411. The number of hydrogen-bond acceptors (Lipinski definition) is 5. The fraction of sp³-hybridized carbons (Fsp3) is 0.700. The quantitative estimate of drug-likeness (QED) is 0.890. The number of halogens is 1. The lowest BCUT2D eigenvalue weighted by atomic mass is 10.3. The third kappa shape index (κ3) is 2.85. The van der Waals surface area contributed by atoms with Gasteiger partial charge in [0, 0.05) is 25.7 Å². The second-order valence-corrected chi connectivity index (χ2v) is 7.56. The van der Waals surface area contributed by atoms with Gasteiger partial charge in [0.05, 0.1) is 10.7 Å². The van der Waals surface area contributed by atoms with Crippen LogP contribution in [0.4, 0.5) is 0 Å². The molecular weight excluding hydrogens is 294 g/mol. The highest BCUT2D eigenvalue weighted by atomic mass is 35.5. The van der Waals surface area contributed by atoms with E-state index in [2.05, 4.69) is 10.3 Å². The second kappa shape index (κ2) is 5.83. The minimum atomic E-state index is -3.37. The number of rotatable bonds is 2. The van der Waals surface area contributed by atoms with Crippen molar-refractivity contribution in [1.82, 2.24) is 14.6 Å². The number of piperazine rings is 1. The predicted octanol–water partition coefficient (Wildman–Crippen LogP) is 1.16. The smallest absolute Gasteiger partial charge is 0.254 e. The molecule has 1 aliphatic rings. The maximum Gasteiger partial charge on any atom is 0.254 e. The average Bonchev–Trinajstić information content (AvgIpc) is 2.59. The van der Waals surface area contributed by atoms with Gasteiger partial charge in [-0.15, -0.1) is 23.7 Å². The molecule has 0 spiro atoms. The Morgan fingerprint density at radius 1 is 1.44 bits per heavy atom. The number of aryl methyl sites for hydroxylation is 2. The van der Waals surface area contributed by atoms with Crippen LogP contribution < -0.4 is 5.32 Å². The predicted molar refractivity (Wildman–Crippen MR) is 75.1 cm³/mol. The van der Waals surface area contributed by atoms with Gasteiger partial charge in [0.1, 0.15) is 0 Å². The van der Waals surface area contributed by atoms with Crippen LogP contribution >= 0.6 is 23.7 Å². The molecule has 5 nitrogen and oxygen atoms in total. The van der Waals surface area contributed by atoms with E-state index in [4.69, 9.17) is 0 Å². The zero-order valence-corrected chi connectivity index (χ0v) is 13.1. The number of nitrogens with zero attached hydrogens (tertiary/aromatic N) is 2. The summed E-state index contributed by atoms with van der Waals surface area (Å²) in [6.45, 7) is 7.45. The molecule has 0 saturated carbocycles. The molecule has 104 valence electrons. The van der Waals surface area contributed by atoms with E-state index in [1.165, 1.54) is 11.3 Å². The highest BCUT2D eigenvalue weighted by molar-refractivity contribution is 7.91. The summed E-state index contributed by atoms with van der Waals surface area (Å²) < 4.78 is 27.0. The minimum absolute atomic E-state index is 0. The van der Waals surface area contributed by atoms with Crippen LogP contribution in [0.15, 0.2) is 4.21 Å². The summed E-state index contributed by atoms with van der Waals surface area (Å²) >= 11 is 1.26. The standard InChI is InChI=1S/C10H17N3O2S2.ClH/c1-7-6-11-4-5-13(7)17(14,15)10-8(2)12-9(3)16-10;/h7,11H,4-6H2,1-3H3;1H. The average molecular weight is 312 g/mol. The maximum atomic E-state index is 12.5. The summed E-state index contributed by atoms with van der Waals surface area (Å²) in [7, 11) is -3.37. The molecule has 0 aromatic carbocycles. The summed E-state index contributed by atoms with van der Waals surface area (Å²) in [5.41, 5.74) is 0.609. The third-order valence-electron chi connectivity index (χ3n) is 2.84. The molecule has 1 atom stereocenters. The van der Waals surface area contributed by atoms with Crippen molar-refractivity contribution in [2.45, 2.75) is 31.0 Å². The number of thiazole rings is 1. The molecule has 1 saturated heterocycles. The zero-order valence-electron chi connectivity index (χ0n) is 10.6. The van der Waals surface area contributed by atoms with E-state index in [0.29, 0.717) is 29.5 Å². The Morgan fingerprint density at radius 2 is 2.11 bits per heavy atom. The molecule has 1 unspecified atom stereocenters. The van der Waals surface area contributed by atoms with Crippen molar-refractivity contribution in [2.75, 3.05) is 19.6 Å². The molecule has 2 heterocycles. The van der Waals surface area contributed by atoms with Crippen LogP contribution in [-0.2, 0) is 10.0 Å². The van der Waals surface area contributed by atoms with Gasteiger partial charge in [-0.1, -0.05) is 0 Å². The van der Waals surface area contributed by atoms with E-state index < -0.39 is 10.0 Å².